The molecule has 0 aromatic carbocycles. The molecule has 11 heavy (non-hydrogen) atoms. The van der Waals surface area contributed by atoms with Crippen LogP contribution >= 0.6 is 0 Å². The highest BCUT2D eigenvalue weighted by atomic mass is 28.3. The largest absolute Gasteiger partial charge is 0.264 e. The van der Waals surface area contributed by atoms with Gasteiger partial charge in [0.1, 0.15) is 0 Å². The standard InChI is InChI=1S/C7H15NO2Si/c1-11(2,3)5-6-4-7(6)8(9)10/h6-7H,4-5H2,1-3H3/t6-,7+/m1/s1. The number of rotatable bonds is 3. The Bertz CT molecular complexity index is 176. The number of nitro groups is 1. The molecule has 0 aliphatic heterocycles. The van der Waals surface area contributed by atoms with Gasteiger partial charge in [-0.25, -0.2) is 0 Å². The minimum atomic E-state index is -1.05. The molecule has 2 atom stereocenters. The van der Waals surface area contributed by atoms with Gasteiger partial charge in [0.05, 0.1) is 0 Å². The monoisotopic (exact) mass is 173 g/mol. The van der Waals surface area contributed by atoms with Crippen molar-refractivity contribution in [3.05, 3.63) is 10.1 Å². The fourth-order valence-electron chi connectivity index (χ4n) is 1.50. The lowest BCUT2D eigenvalue weighted by atomic mass is 10.5. The summed E-state index contributed by atoms with van der Waals surface area (Å²) >= 11 is 0. The fourth-order valence-corrected chi connectivity index (χ4v) is 3.51. The first-order chi connectivity index (χ1) is 4.90. The van der Waals surface area contributed by atoms with E-state index in [4.69, 9.17) is 0 Å². The molecule has 0 bridgehead atoms. The van der Waals surface area contributed by atoms with Crippen LogP contribution in [0.25, 0.3) is 0 Å². The molecule has 1 fully saturated rings. The van der Waals surface area contributed by atoms with E-state index in [0.29, 0.717) is 5.92 Å². The molecule has 0 unspecified atom stereocenters. The Kier molecular flexibility index (Phi) is 2.05. The SMILES string of the molecule is C[Si](C)(C)C[C@H]1C[C@@H]1[N+](=O)[O-]. The van der Waals surface area contributed by atoms with E-state index < -0.39 is 8.07 Å². The molecule has 0 aromatic rings. The zero-order chi connectivity index (χ0) is 8.65. The number of nitrogens with zero attached hydrogens (tertiary/aromatic N) is 1. The first-order valence-corrected chi connectivity index (χ1v) is 7.74. The highest BCUT2D eigenvalue weighted by molar-refractivity contribution is 6.76. The lowest BCUT2D eigenvalue weighted by Gasteiger charge is -2.13. The van der Waals surface area contributed by atoms with Gasteiger partial charge in [-0.05, 0) is 6.04 Å². The van der Waals surface area contributed by atoms with Crippen LogP contribution in [0, 0.1) is 16.0 Å². The van der Waals surface area contributed by atoms with Crippen molar-refractivity contribution in [3.63, 3.8) is 0 Å². The van der Waals surface area contributed by atoms with Crippen molar-refractivity contribution < 1.29 is 4.92 Å². The van der Waals surface area contributed by atoms with Gasteiger partial charge in [0.2, 0.25) is 6.04 Å². The maximum Gasteiger partial charge on any atom is 0.216 e. The van der Waals surface area contributed by atoms with E-state index in [1.807, 2.05) is 0 Å². The second-order valence-corrected chi connectivity index (χ2v) is 10.1. The summed E-state index contributed by atoms with van der Waals surface area (Å²) in [5, 5.41) is 10.3. The fraction of sp³-hybridized carbons (Fsp3) is 1.00. The summed E-state index contributed by atoms with van der Waals surface area (Å²) in [5.41, 5.74) is 0. The van der Waals surface area contributed by atoms with E-state index in [2.05, 4.69) is 19.6 Å². The van der Waals surface area contributed by atoms with Crippen molar-refractivity contribution in [1.82, 2.24) is 0 Å². The van der Waals surface area contributed by atoms with Crippen molar-refractivity contribution >= 4 is 8.07 Å². The molecule has 1 saturated carbocycles. The summed E-state index contributed by atoms with van der Waals surface area (Å²) in [5.74, 6) is 0.414. The average molecular weight is 173 g/mol. The van der Waals surface area contributed by atoms with Gasteiger partial charge in [0.25, 0.3) is 0 Å². The summed E-state index contributed by atoms with van der Waals surface area (Å²) in [6, 6.07) is 0.931. The zero-order valence-corrected chi connectivity index (χ0v) is 8.33. The van der Waals surface area contributed by atoms with Crippen LogP contribution < -0.4 is 0 Å². The van der Waals surface area contributed by atoms with E-state index in [0.717, 1.165) is 12.5 Å². The van der Waals surface area contributed by atoms with Crippen LogP contribution in [-0.4, -0.2) is 19.0 Å². The maximum absolute atomic E-state index is 10.3. The van der Waals surface area contributed by atoms with Gasteiger partial charge in [0.15, 0.2) is 0 Å². The highest BCUT2D eigenvalue weighted by Crippen LogP contribution is 2.39. The van der Waals surface area contributed by atoms with Gasteiger partial charge >= 0.3 is 0 Å². The predicted octanol–water partition coefficient (Wildman–Crippen LogP) is 1.99. The smallest absolute Gasteiger partial charge is 0.216 e. The molecular weight excluding hydrogens is 158 g/mol. The minimum absolute atomic E-state index is 0.120. The summed E-state index contributed by atoms with van der Waals surface area (Å²) in [6.07, 6.45) is 0.831. The van der Waals surface area contributed by atoms with Crippen molar-refractivity contribution in [3.8, 4) is 0 Å². The molecule has 0 radical (unpaired) electrons. The summed E-state index contributed by atoms with van der Waals surface area (Å²) in [6.45, 7) is 6.80. The zero-order valence-electron chi connectivity index (χ0n) is 7.33. The van der Waals surface area contributed by atoms with Crippen molar-refractivity contribution in [2.75, 3.05) is 0 Å². The summed E-state index contributed by atoms with van der Waals surface area (Å²) in [4.78, 5) is 10.2. The third-order valence-electron chi connectivity index (χ3n) is 2.03. The van der Waals surface area contributed by atoms with Crippen LogP contribution in [0.4, 0.5) is 0 Å². The second-order valence-electron chi connectivity index (χ2n) is 4.61. The molecule has 1 aliphatic carbocycles. The van der Waals surface area contributed by atoms with Gasteiger partial charge in [-0.3, -0.25) is 10.1 Å². The molecule has 4 heteroatoms. The Balaban J connectivity index is 2.29. The molecule has 1 rings (SSSR count). The molecule has 0 amide bonds. The van der Waals surface area contributed by atoms with Crippen molar-refractivity contribution in [1.29, 1.82) is 0 Å². The van der Waals surface area contributed by atoms with Crippen LogP contribution in [0.3, 0.4) is 0 Å². The van der Waals surface area contributed by atoms with E-state index in [1.54, 1.807) is 0 Å². The topological polar surface area (TPSA) is 43.1 Å². The average Bonchev–Trinajstić information content (AvgIpc) is 2.40. The summed E-state index contributed by atoms with van der Waals surface area (Å²) in [7, 11) is -1.05. The van der Waals surface area contributed by atoms with Gasteiger partial charge in [-0.2, -0.15) is 0 Å². The Morgan fingerprint density at radius 1 is 1.55 bits per heavy atom. The Hall–Kier alpha value is -0.383. The molecule has 0 saturated heterocycles. The van der Waals surface area contributed by atoms with Crippen LogP contribution in [0.2, 0.25) is 25.7 Å². The second kappa shape index (κ2) is 2.59. The number of hydrogen-bond donors (Lipinski definition) is 0. The van der Waals surface area contributed by atoms with Gasteiger partial charge < -0.3 is 0 Å². The molecule has 3 nitrogen and oxygen atoms in total. The first-order valence-electron chi connectivity index (χ1n) is 4.03. The van der Waals surface area contributed by atoms with Crippen molar-refractivity contribution in [2.45, 2.75) is 38.1 Å². The van der Waals surface area contributed by atoms with E-state index in [9.17, 15) is 10.1 Å². The van der Waals surface area contributed by atoms with Crippen molar-refractivity contribution in [2.24, 2.45) is 5.92 Å². The molecule has 1 aliphatic rings. The lowest BCUT2D eigenvalue weighted by molar-refractivity contribution is -0.498. The molecule has 0 heterocycles. The number of hydrogen-bond acceptors (Lipinski definition) is 2. The highest BCUT2D eigenvalue weighted by Gasteiger charge is 2.49. The van der Waals surface area contributed by atoms with Gasteiger partial charge in [-0.1, -0.05) is 19.6 Å². The quantitative estimate of drug-likeness (QED) is 0.372. The minimum Gasteiger partial charge on any atom is -0.264 e. The molecular formula is C7H15NO2Si. The Labute approximate surface area is 68.0 Å². The summed E-state index contributed by atoms with van der Waals surface area (Å²) < 4.78 is 0. The predicted molar refractivity (Wildman–Crippen MR) is 47.0 cm³/mol. The van der Waals surface area contributed by atoms with Crippen LogP contribution in [0.15, 0.2) is 0 Å². The Morgan fingerprint density at radius 2 is 2.09 bits per heavy atom. The normalized spacial score (nSPS) is 30.1. The van der Waals surface area contributed by atoms with Crippen LogP contribution in [0.5, 0.6) is 0 Å². The van der Waals surface area contributed by atoms with Crippen LogP contribution in [-0.2, 0) is 0 Å². The third-order valence-corrected chi connectivity index (χ3v) is 3.78. The van der Waals surface area contributed by atoms with Gasteiger partial charge in [-0.15, -0.1) is 0 Å². The maximum atomic E-state index is 10.3. The molecule has 0 N–H and O–H groups in total. The first kappa shape index (κ1) is 8.71. The van der Waals surface area contributed by atoms with Crippen LogP contribution in [0.1, 0.15) is 6.42 Å². The molecule has 0 spiro atoms. The van der Waals surface area contributed by atoms with Gasteiger partial charge in [0, 0.05) is 25.3 Å². The third kappa shape index (κ3) is 2.61. The molecule has 64 valence electrons. The Morgan fingerprint density at radius 3 is 2.36 bits per heavy atom. The molecule has 0 aromatic heterocycles. The van der Waals surface area contributed by atoms with E-state index in [1.165, 1.54) is 0 Å². The van der Waals surface area contributed by atoms with E-state index in [-0.39, 0.29) is 11.0 Å². The lowest BCUT2D eigenvalue weighted by Crippen LogP contribution is -2.21. The van der Waals surface area contributed by atoms with E-state index >= 15 is 0 Å².